The summed E-state index contributed by atoms with van der Waals surface area (Å²) >= 11 is 0. The molecule has 0 aliphatic heterocycles. The minimum atomic E-state index is -0.554. The summed E-state index contributed by atoms with van der Waals surface area (Å²) in [4.78, 5) is 25.3. The summed E-state index contributed by atoms with van der Waals surface area (Å²) < 4.78 is 17.4. The van der Waals surface area contributed by atoms with Crippen molar-refractivity contribution in [2.45, 2.75) is 232 Å². The van der Waals surface area contributed by atoms with Crippen molar-refractivity contribution in [1.29, 1.82) is 0 Å². The Balaban J connectivity index is 4.31. The Bertz CT molecular complexity index is 1130. The van der Waals surface area contributed by atoms with Crippen LogP contribution in [0.15, 0.2) is 85.1 Å². The molecule has 5 nitrogen and oxygen atoms in total. The number of allylic oxidation sites excluding steroid dienone is 14. The molecular formula is C55H94O5. The van der Waals surface area contributed by atoms with Crippen LogP contribution in [0.3, 0.4) is 0 Å². The van der Waals surface area contributed by atoms with Gasteiger partial charge >= 0.3 is 11.9 Å². The highest BCUT2D eigenvalue weighted by Gasteiger charge is 2.17. The Kier molecular flexibility index (Phi) is 48.0. The maximum absolute atomic E-state index is 12.8. The molecule has 1 unspecified atom stereocenters. The summed E-state index contributed by atoms with van der Waals surface area (Å²) in [6.07, 6.45) is 65.9. The molecule has 0 rings (SSSR count). The molecule has 344 valence electrons. The second kappa shape index (κ2) is 50.4. The van der Waals surface area contributed by atoms with E-state index in [4.69, 9.17) is 14.2 Å². The molecule has 0 radical (unpaired) electrons. The lowest BCUT2D eigenvalue weighted by Crippen LogP contribution is -2.30. The predicted octanol–water partition coefficient (Wildman–Crippen LogP) is 16.9. The maximum Gasteiger partial charge on any atom is 0.306 e. The molecule has 0 aliphatic carbocycles. The lowest BCUT2D eigenvalue weighted by atomic mass is 10.1. The maximum atomic E-state index is 12.8. The van der Waals surface area contributed by atoms with Crippen LogP contribution in [-0.4, -0.2) is 37.9 Å². The monoisotopic (exact) mass is 835 g/mol. The van der Waals surface area contributed by atoms with Crippen LogP contribution in [-0.2, 0) is 23.8 Å². The van der Waals surface area contributed by atoms with Crippen LogP contribution in [0.5, 0.6) is 0 Å². The molecule has 0 bridgehead atoms. The average Bonchev–Trinajstić information content (AvgIpc) is 3.25. The Morgan fingerprint density at radius 2 is 0.750 bits per heavy atom. The van der Waals surface area contributed by atoms with Gasteiger partial charge in [-0.15, -0.1) is 0 Å². The fraction of sp³-hybridized carbons (Fsp3) is 0.709. The van der Waals surface area contributed by atoms with Crippen molar-refractivity contribution in [3.63, 3.8) is 0 Å². The van der Waals surface area contributed by atoms with Crippen molar-refractivity contribution in [3.05, 3.63) is 85.1 Å². The molecule has 60 heavy (non-hydrogen) atoms. The number of hydrogen-bond donors (Lipinski definition) is 0. The van der Waals surface area contributed by atoms with E-state index in [0.717, 1.165) is 109 Å². The van der Waals surface area contributed by atoms with E-state index >= 15 is 0 Å². The smallest absolute Gasteiger partial charge is 0.306 e. The minimum absolute atomic E-state index is 0.0652. The minimum Gasteiger partial charge on any atom is -0.462 e. The summed E-state index contributed by atoms with van der Waals surface area (Å²) in [6.45, 7) is 7.55. The largest absolute Gasteiger partial charge is 0.462 e. The third-order valence-electron chi connectivity index (χ3n) is 10.4. The quantitative estimate of drug-likeness (QED) is 0.0347. The lowest BCUT2D eigenvalue weighted by molar-refractivity contribution is -0.163. The van der Waals surface area contributed by atoms with Crippen molar-refractivity contribution in [1.82, 2.24) is 0 Å². The zero-order valence-electron chi connectivity index (χ0n) is 39.5. The Hall–Kier alpha value is -2.92. The molecule has 0 aromatic carbocycles. The van der Waals surface area contributed by atoms with E-state index in [1.54, 1.807) is 0 Å². The average molecular weight is 835 g/mol. The SMILES string of the molecule is CC/C=C\C/C=C\C/C=C\C/C=C\CCCCCCC(=O)OCC(COCCCCCCCC/C=C\C/C=C\C/C=C\CC)OC(=O)CCCCCCCCCCCCC. The zero-order chi connectivity index (χ0) is 43.5. The van der Waals surface area contributed by atoms with Gasteiger partial charge < -0.3 is 14.2 Å². The molecule has 0 heterocycles. The summed E-state index contributed by atoms with van der Waals surface area (Å²) in [5.74, 6) is -0.432. The van der Waals surface area contributed by atoms with E-state index in [9.17, 15) is 9.59 Å². The molecule has 0 aromatic heterocycles. The fourth-order valence-electron chi connectivity index (χ4n) is 6.75. The zero-order valence-corrected chi connectivity index (χ0v) is 39.5. The van der Waals surface area contributed by atoms with E-state index in [1.165, 1.54) is 83.5 Å². The second-order valence-electron chi connectivity index (χ2n) is 16.3. The molecule has 0 amide bonds. The number of hydrogen-bond acceptors (Lipinski definition) is 5. The summed E-state index contributed by atoms with van der Waals surface area (Å²) in [5, 5.41) is 0. The Morgan fingerprint density at radius 1 is 0.383 bits per heavy atom. The van der Waals surface area contributed by atoms with Crippen molar-refractivity contribution < 1.29 is 23.8 Å². The first kappa shape index (κ1) is 57.1. The third-order valence-corrected chi connectivity index (χ3v) is 10.4. The Morgan fingerprint density at radius 3 is 1.20 bits per heavy atom. The number of ether oxygens (including phenoxy) is 3. The highest BCUT2D eigenvalue weighted by molar-refractivity contribution is 5.70. The first-order chi connectivity index (χ1) is 29.6. The van der Waals surface area contributed by atoms with Crippen LogP contribution in [0, 0.1) is 0 Å². The molecule has 0 fully saturated rings. The van der Waals surface area contributed by atoms with E-state index in [-0.39, 0.29) is 25.2 Å². The molecule has 0 aliphatic rings. The van der Waals surface area contributed by atoms with E-state index in [2.05, 4.69) is 106 Å². The summed E-state index contributed by atoms with van der Waals surface area (Å²) in [7, 11) is 0. The van der Waals surface area contributed by atoms with Crippen LogP contribution in [0.4, 0.5) is 0 Å². The van der Waals surface area contributed by atoms with Crippen LogP contribution in [0.1, 0.15) is 226 Å². The molecule has 1 atom stereocenters. The van der Waals surface area contributed by atoms with Gasteiger partial charge in [-0.25, -0.2) is 0 Å². The van der Waals surface area contributed by atoms with Gasteiger partial charge in [0.2, 0.25) is 0 Å². The van der Waals surface area contributed by atoms with Gasteiger partial charge in [0.05, 0.1) is 6.61 Å². The van der Waals surface area contributed by atoms with Crippen molar-refractivity contribution in [3.8, 4) is 0 Å². The first-order valence-electron chi connectivity index (χ1n) is 25.1. The van der Waals surface area contributed by atoms with Gasteiger partial charge in [-0.2, -0.15) is 0 Å². The standard InChI is InChI=1S/C55H94O5/c1-4-7-10-13-16-19-22-24-26-28-29-31-34-36-39-42-45-48-54(56)59-52-53(60-55(57)49-46-43-40-37-33-21-18-15-12-9-6-3)51-58-50-47-44-41-38-35-32-30-27-25-23-20-17-14-11-8-5-2/h7-8,10-11,16-17,19-20,24-27,29,31,53H,4-6,9,12-15,18,21-23,28,30,32-52H2,1-3H3/b10-7-,11-8-,19-16-,20-17-,26-24-,27-25-,31-29-. The van der Waals surface area contributed by atoms with Gasteiger partial charge in [0.25, 0.3) is 0 Å². The fourth-order valence-corrected chi connectivity index (χ4v) is 6.75. The predicted molar refractivity (Wildman–Crippen MR) is 260 cm³/mol. The van der Waals surface area contributed by atoms with Crippen LogP contribution < -0.4 is 0 Å². The van der Waals surface area contributed by atoms with Crippen LogP contribution in [0.25, 0.3) is 0 Å². The van der Waals surface area contributed by atoms with Crippen molar-refractivity contribution in [2.75, 3.05) is 19.8 Å². The third kappa shape index (κ3) is 47.8. The molecular weight excluding hydrogens is 741 g/mol. The van der Waals surface area contributed by atoms with Crippen molar-refractivity contribution >= 4 is 11.9 Å². The molecule has 0 spiro atoms. The summed E-state index contributed by atoms with van der Waals surface area (Å²) in [5.41, 5.74) is 0. The second-order valence-corrected chi connectivity index (χ2v) is 16.3. The number of esters is 2. The van der Waals surface area contributed by atoms with Gasteiger partial charge in [-0.3, -0.25) is 9.59 Å². The van der Waals surface area contributed by atoms with Gasteiger partial charge in [0.15, 0.2) is 6.10 Å². The lowest BCUT2D eigenvalue weighted by Gasteiger charge is -2.18. The van der Waals surface area contributed by atoms with Crippen LogP contribution >= 0.6 is 0 Å². The van der Waals surface area contributed by atoms with Gasteiger partial charge in [0.1, 0.15) is 6.61 Å². The highest BCUT2D eigenvalue weighted by Crippen LogP contribution is 2.14. The molecule has 0 N–H and O–H groups in total. The van der Waals surface area contributed by atoms with E-state index in [1.807, 2.05) is 0 Å². The van der Waals surface area contributed by atoms with Crippen LogP contribution in [0.2, 0.25) is 0 Å². The molecule has 5 heteroatoms. The van der Waals surface area contributed by atoms with Crippen molar-refractivity contribution in [2.24, 2.45) is 0 Å². The van der Waals surface area contributed by atoms with E-state index in [0.29, 0.717) is 19.4 Å². The molecule has 0 saturated heterocycles. The normalized spacial score (nSPS) is 12.9. The van der Waals surface area contributed by atoms with Gasteiger partial charge in [-0.05, 0) is 89.9 Å². The number of unbranched alkanes of at least 4 members (excludes halogenated alkanes) is 20. The van der Waals surface area contributed by atoms with Gasteiger partial charge in [0, 0.05) is 19.4 Å². The first-order valence-corrected chi connectivity index (χ1v) is 25.1. The number of rotatable bonds is 45. The summed E-state index contributed by atoms with van der Waals surface area (Å²) in [6, 6.07) is 0. The number of carbonyl (C=O) groups excluding carboxylic acids is 2. The Labute approximate surface area is 371 Å². The molecule has 0 aromatic rings. The van der Waals surface area contributed by atoms with E-state index < -0.39 is 6.10 Å². The van der Waals surface area contributed by atoms with Gasteiger partial charge in [-0.1, -0.05) is 209 Å². The number of carbonyl (C=O) groups is 2. The topological polar surface area (TPSA) is 61.8 Å². The highest BCUT2D eigenvalue weighted by atomic mass is 16.6. The molecule has 0 saturated carbocycles.